The lowest BCUT2D eigenvalue weighted by Gasteiger charge is -2.33. The summed E-state index contributed by atoms with van der Waals surface area (Å²) in [4.78, 5) is 27.8. The number of esters is 1. The second kappa shape index (κ2) is 18.4. The normalized spacial score (nSPS) is 13.9. The number of anilines is 1. The van der Waals surface area contributed by atoms with Crippen molar-refractivity contribution in [3.63, 3.8) is 0 Å². The van der Waals surface area contributed by atoms with Gasteiger partial charge >= 0.3 is 5.97 Å². The topological polar surface area (TPSA) is 90.9 Å². The van der Waals surface area contributed by atoms with Gasteiger partial charge < -0.3 is 18.9 Å². The highest BCUT2D eigenvalue weighted by Gasteiger charge is 2.42. The first-order chi connectivity index (χ1) is 27.3. The third kappa shape index (κ3) is 9.84. The molecule has 298 valence electrons. The Morgan fingerprint density at radius 3 is 1.89 bits per heavy atom. The van der Waals surface area contributed by atoms with Gasteiger partial charge in [-0.15, -0.1) is 4.72 Å². The van der Waals surface area contributed by atoms with Gasteiger partial charge in [-0.1, -0.05) is 104 Å². The van der Waals surface area contributed by atoms with Crippen LogP contribution in [0, 0.1) is 29.1 Å². The summed E-state index contributed by atoms with van der Waals surface area (Å²) < 4.78 is 98.7. The standard InChI is InChI=1S/C44H41F5N2O5S/c1-44(2,50-57(54)41-39(48)37(46)36(45)38(47)40(41)49)43(53)51(25-28-18-20-32(21-19-28)31-16-10-5-11-17-31)33-22-23-34(42(52)56-27-30-14-8-4-9-15-30)35(24-33)55-26-29-12-6-3-7-13-29/h3-4,6-9,12-15,18-24,31,50H,5,10-11,16-17,25-27H2,1-2H3. The molecule has 1 aliphatic rings. The zero-order valence-electron chi connectivity index (χ0n) is 31.3. The summed E-state index contributed by atoms with van der Waals surface area (Å²) in [5.41, 5.74) is 1.77. The molecular formula is C44H41F5N2O5S. The fourth-order valence-corrected chi connectivity index (χ4v) is 7.87. The number of benzene rings is 5. The molecule has 7 nitrogen and oxygen atoms in total. The molecule has 0 aromatic heterocycles. The number of hydrogen-bond acceptors (Lipinski definition) is 6. The predicted molar refractivity (Wildman–Crippen MR) is 206 cm³/mol. The lowest BCUT2D eigenvalue weighted by atomic mass is 9.84. The van der Waals surface area contributed by atoms with Crippen LogP contribution >= 0.6 is 0 Å². The van der Waals surface area contributed by atoms with Crippen molar-refractivity contribution in [2.45, 2.75) is 82.1 Å². The predicted octanol–water partition coefficient (Wildman–Crippen LogP) is 9.99. The smallest absolute Gasteiger partial charge is 0.342 e. The Balaban J connectivity index is 1.35. The molecule has 0 heterocycles. The Morgan fingerprint density at radius 1 is 0.737 bits per heavy atom. The Kier molecular flexibility index (Phi) is 13.3. The van der Waals surface area contributed by atoms with Crippen molar-refractivity contribution < 1.29 is 45.6 Å². The van der Waals surface area contributed by atoms with Gasteiger partial charge in [-0.2, -0.15) is 8.78 Å². The zero-order valence-corrected chi connectivity index (χ0v) is 32.2. The maximum Gasteiger partial charge on any atom is 0.342 e. The van der Waals surface area contributed by atoms with E-state index in [1.54, 1.807) is 0 Å². The van der Waals surface area contributed by atoms with Gasteiger partial charge in [0.25, 0.3) is 10.8 Å². The Hall–Kier alpha value is -5.24. The Bertz CT molecular complexity index is 2160. The Morgan fingerprint density at radius 2 is 1.30 bits per heavy atom. The van der Waals surface area contributed by atoms with Crippen LogP contribution in [0.25, 0.3) is 0 Å². The molecule has 57 heavy (non-hydrogen) atoms. The van der Waals surface area contributed by atoms with Crippen LogP contribution < -0.4 is 14.4 Å². The number of halogens is 5. The third-order valence-electron chi connectivity index (χ3n) is 9.83. The van der Waals surface area contributed by atoms with Crippen LogP contribution in [0.5, 0.6) is 5.75 Å². The SMILES string of the molecule is CC(C)(N[S+]([O-])c1c(F)c(F)c(F)c(F)c1F)C(=O)N(Cc1ccc(C2CCCCC2)cc1)c1ccc(C(=O)OCc2ccccc2)c(OCc2ccccc2)c1. The van der Waals surface area contributed by atoms with Crippen molar-refractivity contribution in [3.05, 3.63) is 160 Å². The number of nitrogens with one attached hydrogen (secondary N) is 1. The van der Waals surface area contributed by atoms with E-state index in [2.05, 4.69) is 4.72 Å². The summed E-state index contributed by atoms with van der Waals surface area (Å²) in [5, 5.41) is 0. The summed E-state index contributed by atoms with van der Waals surface area (Å²) in [6.07, 6.45) is 5.65. The van der Waals surface area contributed by atoms with Crippen LogP contribution in [0.3, 0.4) is 0 Å². The highest BCUT2D eigenvalue weighted by molar-refractivity contribution is 7.89. The van der Waals surface area contributed by atoms with E-state index in [0.29, 0.717) is 11.5 Å². The van der Waals surface area contributed by atoms with Gasteiger partial charge in [0, 0.05) is 11.8 Å². The first-order valence-electron chi connectivity index (χ1n) is 18.5. The maximum atomic E-state index is 14.7. The molecule has 1 aliphatic carbocycles. The van der Waals surface area contributed by atoms with Crippen molar-refractivity contribution in [1.29, 1.82) is 0 Å². The van der Waals surface area contributed by atoms with Crippen molar-refractivity contribution in [2.24, 2.45) is 0 Å². The molecule has 1 amide bonds. The first kappa shape index (κ1) is 41.4. The lowest BCUT2D eigenvalue weighted by molar-refractivity contribution is -0.123. The minimum absolute atomic E-state index is 0.0128. The summed E-state index contributed by atoms with van der Waals surface area (Å²) in [6.45, 7) is 2.50. The highest BCUT2D eigenvalue weighted by Crippen LogP contribution is 2.35. The van der Waals surface area contributed by atoms with E-state index >= 15 is 0 Å². The average molecular weight is 805 g/mol. The second-order valence-corrected chi connectivity index (χ2v) is 15.5. The van der Waals surface area contributed by atoms with Gasteiger partial charge in [-0.25, -0.2) is 18.0 Å². The molecule has 1 N–H and O–H groups in total. The maximum absolute atomic E-state index is 14.7. The van der Waals surface area contributed by atoms with E-state index in [0.717, 1.165) is 36.8 Å². The van der Waals surface area contributed by atoms with Crippen LogP contribution in [0.1, 0.15) is 84.5 Å². The van der Waals surface area contributed by atoms with Crippen LogP contribution in [0.15, 0.2) is 108 Å². The molecule has 1 fully saturated rings. The fraction of sp³-hybridized carbons (Fsp3) is 0.273. The minimum Gasteiger partial charge on any atom is -0.593 e. The van der Waals surface area contributed by atoms with E-state index in [1.165, 1.54) is 48.9 Å². The molecule has 0 saturated heterocycles. The van der Waals surface area contributed by atoms with Gasteiger partial charge in [0.1, 0.15) is 30.1 Å². The lowest BCUT2D eigenvalue weighted by Crippen LogP contribution is -2.56. The molecule has 0 radical (unpaired) electrons. The number of nitrogens with zero attached hydrogens (tertiary/aromatic N) is 1. The number of ether oxygens (including phenoxy) is 2. The van der Waals surface area contributed by atoms with Crippen LogP contribution in [-0.4, -0.2) is 22.0 Å². The minimum atomic E-state index is -3.09. The second-order valence-electron chi connectivity index (χ2n) is 14.4. The zero-order chi connectivity index (χ0) is 40.7. The number of carbonyl (C=O) groups excluding carboxylic acids is 2. The molecular weight excluding hydrogens is 764 g/mol. The van der Waals surface area contributed by atoms with E-state index in [1.807, 2.05) is 84.9 Å². The Labute approximate surface area is 331 Å². The average Bonchev–Trinajstić information content (AvgIpc) is 3.23. The van der Waals surface area contributed by atoms with E-state index in [4.69, 9.17) is 9.47 Å². The van der Waals surface area contributed by atoms with Gasteiger partial charge in [0.05, 0.1) is 17.9 Å². The van der Waals surface area contributed by atoms with E-state index in [9.17, 15) is 36.1 Å². The molecule has 6 rings (SSSR count). The summed E-state index contributed by atoms with van der Waals surface area (Å²) in [6, 6.07) is 30.5. The largest absolute Gasteiger partial charge is 0.593 e. The molecule has 5 aromatic carbocycles. The molecule has 1 unspecified atom stereocenters. The van der Waals surface area contributed by atoms with Gasteiger partial charge in [0.15, 0.2) is 0 Å². The van der Waals surface area contributed by atoms with Crippen molar-refractivity contribution in [2.75, 3.05) is 4.90 Å². The summed E-state index contributed by atoms with van der Waals surface area (Å²) in [7, 11) is 0. The highest BCUT2D eigenvalue weighted by atomic mass is 32.2. The monoisotopic (exact) mass is 804 g/mol. The van der Waals surface area contributed by atoms with Gasteiger partial charge in [0.2, 0.25) is 29.1 Å². The fourth-order valence-electron chi connectivity index (χ4n) is 6.71. The summed E-state index contributed by atoms with van der Waals surface area (Å²) in [5.74, 6) is -12.5. The number of amides is 1. The van der Waals surface area contributed by atoms with E-state index < -0.39 is 62.8 Å². The number of rotatable bonds is 14. The third-order valence-corrected chi connectivity index (χ3v) is 11.3. The molecule has 0 spiro atoms. The number of hydrogen-bond donors (Lipinski definition) is 1. The quantitative estimate of drug-likeness (QED) is 0.0395. The van der Waals surface area contributed by atoms with Crippen molar-refractivity contribution >= 4 is 28.9 Å². The van der Waals surface area contributed by atoms with Crippen LogP contribution in [-0.2, 0) is 40.7 Å². The first-order valence-corrected chi connectivity index (χ1v) is 19.6. The molecule has 5 aromatic rings. The number of carbonyl (C=O) groups is 2. The molecule has 1 saturated carbocycles. The van der Waals surface area contributed by atoms with Gasteiger partial charge in [-0.05, 0) is 67.0 Å². The molecule has 13 heteroatoms. The van der Waals surface area contributed by atoms with Crippen molar-refractivity contribution in [3.8, 4) is 5.75 Å². The molecule has 0 aliphatic heterocycles. The molecule has 0 bridgehead atoms. The van der Waals surface area contributed by atoms with E-state index in [-0.39, 0.29) is 36.8 Å². The summed E-state index contributed by atoms with van der Waals surface area (Å²) >= 11 is -3.09. The van der Waals surface area contributed by atoms with Crippen LogP contribution in [0.2, 0.25) is 0 Å². The van der Waals surface area contributed by atoms with Gasteiger partial charge in [-0.3, -0.25) is 4.79 Å². The van der Waals surface area contributed by atoms with Crippen LogP contribution in [0.4, 0.5) is 27.6 Å². The van der Waals surface area contributed by atoms with Crippen molar-refractivity contribution in [1.82, 2.24) is 4.72 Å². The molecule has 1 atom stereocenters.